The Bertz CT molecular complexity index is 660. The zero-order valence-electron chi connectivity index (χ0n) is 15.7. The van der Waals surface area contributed by atoms with E-state index in [1.165, 1.54) is 5.56 Å². The lowest BCUT2D eigenvalue weighted by Crippen LogP contribution is -2.39. The van der Waals surface area contributed by atoms with E-state index in [9.17, 15) is 0 Å². The molecule has 0 unspecified atom stereocenters. The van der Waals surface area contributed by atoms with Crippen molar-refractivity contribution >= 4 is 12.4 Å². The predicted molar refractivity (Wildman–Crippen MR) is 107 cm³/mol. The fourth-order valence-electron chi connectivity index (χ4n) is 3.55. The second kappa shape index (κ2) is 9.70. The zero-order valence-corrected chi connectivity index (χ0v) is 16.5. The number of hydrogen-bond acceptors (Lipinski definition) is 4. The molecule has 1 heterocycles. The minimum Gasteiger partial charge on any atom is -0.497 e. The molecule has 5 heteroatoms. The van der Waals surface area contributed by atoms with Crippen molar-refractivity contribution in [1.29, 1.82) is 0 Å². The summed E-state index contributed by atoms with van der Waals surface area (Å²) in [5.74, 6) is 3.63. The van der Waals surface area contributed by atoms with E-state index in [2.05, 4.69) is 36.2 Å². The maximum Gasteiger partial charge on any atom is 0.119 e. The summed E-state index contributed by atoms with van der Waals surface area (Å²) in [6.07, 6.45) is 1.15. The van der Waals surface area contributed by atoms with E-state index in [1.54, 1.807) is 14.2 Å². The molecule has 142 valence electrons. The van der Waals surface area contributed by atoms with Crippen LogP contribution in [0.2, 0.25) is 0 Å². The smallest absolute Gasteiger partial charge is 0.119 e. The summed E-state index contributed by atoms with van der Waals surface area (Å²) in [7, 11) is 5.56. The molecule has 1 aliphatic rings. The second-order valence-electron chi connectivity index (χ2n) is 6.68. The van der Waals surface area contributed by atoms with Gasteiger partial charge in [-0.15, -0.1) is 12.4 Å². The van der Waals surface area contributed by atoms with Crippen molar-refractivity contribution in [3.8, 4) is 17.2 Å². The molecule has 0 aliphatic carbocycles. The third-order valence-electron chi connectivity index (χ3n) is 5.00. The summed E-state index contributed by atoms with van der Waals surface area (Å²) in [5.41, 5.74) is 1.37. The van der Waals surface area contributed by atoms with E-state index in [1.807, 2.05) is 24.3 Å². The van der Waals surface area contributed by atoms with Gasteiger partial charge in [-0.3, -0.25) is 0 Å². The third kappa shape index (κ3) is 5.05. The van der Waals surface area contributed by atoms with Gasteiger partial charge in [-0.05, 0) is 67.9 Å². The van der Waals surface area contributed by atoms with Crippen molar-refractivity contribution in [2.45, 2.75) is 12.3 Å². The number of hydrogen-bond donors (Lipinski definition) is 0. The highest BCUT2D eigenvalue weighted by molar-refractivity contribution is 5.85. The molecular formula is C21H28ClNO3. The van der Waals surface area contributed by atoms with Crippen LogP contribution in [0.4, 0.5) is 0 Å². The number of rotatable bonds is 6. The predicted octanol–water partition coefficient (Wildman–Crippen LogP) is 4.24. The topological polar surface area (TPSA) is 30.9 Å². The van der Waals surface area contributed by atoms with Crippen molar-refractivity contribution in [2.75, 3.05) is 41.0 Å². The van der Waals surface area contributed by atoms with Crippen molar-refractivity contribution in [3.05, 3.63) is 54.1 Å². The minimum atomic E-state index is 0. The lowest BCUT2D eigenvalue weighted by Gasteiger charge is -2.37. The Labute approximate surface area is 162 Å². The molecule has 0 bridgehead atoms. The van der Waals surface area contributed by atoms with Gasteiger partial charge in [-0.1, -0.05) is 12.1 Å². The summed E-state index contributed by atoms with van der Waals surface area (Å²) in [6, 6.07) is 16.3. The molecule has 0 radical (unpaired) electrons. The van der Waals surface area contributed by atoms with E-state index in [-0.39, 0.29) is 12.4 Å². The molecule has 4 nitrogen and oxygen atoms in total. The lowest BCUT2D eigenvalue weighted by atomic mass is 9.81. The van der Waals surface area contributed by atoms with Crippen LogP contribution in [0.15, 0.2) is 48.5 Å². The van der Waals surface area contributed by atoms with Crippen LogP contribution in [-0.4, -0.2) is 45.9 Å². The van der Waals surface area contributed by atoms with Gasteiger partial charge in [0, 0.05) is 12.5 Å². The maximum absolute atomic E-state index is 6.08. The maximum atomic E-state index is 6.08. The molecule has 2 atom stereocenters. The van der Waals surface area contributed by atoms with Crippen molar-refractivity contribution in [2.24, 2.45) is 5.92 Å². The Balaban J connectivity index is 0.00000243. The van der Waals surface area contributed by atoms with E-state index < -0.39 is 0 Å². The Morgan fingerprint density at radius 2 is 1.42 bits per heavy atom. The Kier molecular flexibility index (Phi) is 7.61. The van der Waals surface area contributed by atoms with Crippen LogP contribution < -0.4 is 14.2 Å². The molecule has 3 rings (SSSR count). The van der Waals surface area contributed by atoms with Crippen molar-refractivity contribution in [3.63, 3.8) is 0 Å². The van der Waals surface area contributed by atoms with Crippen LogP contribution in [0, 0.1) is 5.92 Å². The highest BCUT2D eigenvalue weighted by atomic mass is 35.5. The van der Waals surface area contributed by atoms with E-state index in [4.69, 9.17) is 14.2 Å². The first-order valence-corrected chi connectivity index (χ1v) is 8.79. The summed E-state index contributed by atoms with van der Waals surface area (Å²) in [6.45, 7) is 2.88. The van der Waals surface area contributed by atoms with Crippen molar-refractivity contribution < 1.29 is 14.2 Å². The average molecular weight is 378 g/mol. The minimum absolute atomic E-state index is 0. The molecule has 0 saturated carbocycles. The Morgan fingerprint density at radius 1 is 0.885 bits per heavy atom. The van der Waals surface area contributed by atoms with Crippen molar-refractivity contribution in [1.82, 2.24) is 4.90 Å². The van der Waals surface area contributed by atoms with Gasteiger partial charge in [-0.25, -0.2) is 0 Å². The largest absolute Gasteiger partial charge is 0.497 e. The number of benzene rings is 2. The van der Waals surface area contributed by atoms with Gasteiger partial charge in [0.15, 0.2) is 0 Å². The van der Waals surface area contributed by atoms with Crippen LogP contribution in [0.25, 0.3) is 0 Å². The van der Waals surface area contributed by atoms with Crippen LogP contribution in [0.3, 0.4) is 0 Å². The number of nitrogens with zero attached hydrogens (tertiary/aromatic N) is 1. The molecule has 26 heavy (non-hydrogen) atoms. The quantitative estimate of drug-likeness (QED) is 0.753. The standard InChI is InChI=1S/C21H27NO3.ClH/c1-22-13-12-21(16-4-6-18(23-2)7-5-16)17(14-22)15-25-20-10-8-19(24-3)9-11-20;/h4-11,17,21H,12-15H2,1-3H3;1H/t17-,21+;/m0./s1. The molecular weight excluding hydrogens is 350 g/mol. The van der Waals surface area contributed by atoms with Crippen LogP contribution in [0.5, 0.6) is 17.2 Å². The second-order valence-corrected chi connectivity index (χ2v) is 6.68. The fourth-order valence-corrected chi connectivity index (χ4v) is 3.55. The number of likely N-dealkylation sites (tertiary alicyclic amines) is 1. The summed E-state index contributed by atoms with van der Waals surface area (Å²) >= 11 is 0. The van der Waals surface area contributed by atoms with Gasteiger partial charge >= 0.3 is 0 Å². The number of methoxy groups -OCH3 is 2. The average Bonchev–Trinajstić information content (AvgIpc) is 2.67. The Morgan fingerprint density at radius 3 is 2.00 bits per heavy atom. The van der Waals surface area contributed by atoms with Gasteiger partial charge in [0.1, 0.15) is 17.2 Å². The first-order chi connectivity index (χ1) is 12.2. The zero-order chi connectivity index (χ0) is 17.6. The van der Waals surface area contributed by atoms with Crippen LogP contribution >= 0.6 is 12.4 Å². The first-order valence-electron chi connectivity index (χ1n) is 8.79. The normalized spacial score (nSPS) is 20.1. The monoisotopic (exact) mass is 377 g/mol. The number of piperidine rings is 1. The first kappa shape index (κ1) is 20.4. The van der Waals surface area contributed by atoms with Crippen LogP contribution in [-0.2, 0) is 0 Å². The van der Waals surface area contributed by atoms with Gasteiger partial charge in [0.05, 0.1) is 20.8 Å². The molecule has 0 N–H and O–H groups in total. The number of ether oxygens (including phenoxy) is 3. The SMILES string of the molecule is COc1ccc(OC[C@@H]2CN(C)CC[C@@H]2c2ccc(OC)cc2)cc1.Cl. The highest BCUT2D eigenvalue weighted by Gasteiger charge is 2.29. The summed E-state index contributed by atoms with van der Waals surface area (Å²) in [5, 5.41) is 0. The molecule has 0 amide bonds. The van der Waals surface area contributed by atoms with E-state index in [0.717, 1.165) is 36.8 Å². The molecule has 0 spiro atoms. The lowest BCUT2D eigenvalue weighted by molar-refractivity contribution is 0.129. The molecule has 1 fully saturated rings. The number of halogens is 1. The fraction of sp³-hybridized carbons (Fsp3) is 0.429. The molecule has 2 aromatic rings. The van der Waals surface area contributed by atoms with Crippen LogP contribution in [0.1, 0.15) is 17.9 Å². The molecule has 1 saturated heterocycles. The highest BCUT2D eigenvalue weighted by Crippen LogP contribution is 2.34. The van der Waals surface area contributed by atoms with E-state index in [0.29, 0.717) is 18.4 Å². The molecule has 0 aromatic heterocycles. The molecule has 1 aliphatic heterocycles. The van der Waals surface area contributed by atoms with Gasteiger partial charge in [-0.2, -0.15) is 0 Å². The van der Waals surface area contributed by atoms with Gasteiger partial charge in [0.25, 0.3) is 0 Å². The van der Waals surface area contributed by atoms with Gasteiger partial charge in [0.2, 0.25) is 0 Å². The summed E-state index contributed by atoms with van der Waals surface area (Å²) in [4.78, 5) is 2.39. The van der Waals surface area contributed by atoms with E-state index >= 15 is 0 Å². The Hall–Kier alpha value is -1.91. The third-order valence-corrected chi connectivity index (χ3v) is 5.00. The molecule has 2 aromatic carbocycles. The summed E-state index contributed by atoms with van der Waals surface area (Å²) < 4.78 is 16.6. The van der Waals surface area contributed by atoms with Gasteiger partial charge < -0.3 is 19.1 Å².